The molecular weight excluding hydrogens is 295 g/mol. The topological polar surface area (TPSA) is 75.4 Å². The van der Waals surface area contributed by atoms with E-state index in [1.165, 1.54) is 29.0 Å². The fourth-order valence-corrected chi connectivity index (χ4v) is 2.81. The summed E-state index contributed by atoms with van der Waals surface area (Å²) in [6.07, 6.45) is -4.15. The Morgan fingerprint density at radius 3 is 2.25 bits per heavy atom. The van der Waals surface area contributed by atoms with Gasteiger partial charge in [-0.15, -0.1) is 0 Å². The predicted molar refractivity (Wildman–Crippen MR) is 71.5 cm³/mol. The minimum atomic E-state index is -4.61. The third-order valence-electron chi connectivity index (χ3n) is 2.35. The molecule has 9 heteroatoms. The zero-order valence-corrected chi connectivity index (χ0v) is 11.6. The highest BCUT2D eigenvalue weighted by Crippen LogP contribution is 2.20. The van der Waals surface area contributed by atoms with E-state index in [0.717, 1.165) is 4.31 Å². The minimum absolute atomic E-state index is 0.0666. The third kappa shape index (κ3) is 4.89. The average molecular weight is 311 g/mol. The Labute approximate surface area is 115 Å². The standard InChI is InChI=1S/C11H16F3N3O2S/c1-2-7-17(10-5-3-9(15)4-6-10)20(18,19)16-8-11(12,13)14/h3-6,16H,2,7-8,15H2,1H3. The number of benzene rings is 1. The summed E-state index contributed by atoms with van der Waals surface area (Å²) in [7, 11) is -4.26. The maximum absolute atomic E-state index is 12.1. The van der Waals surface area contributed by atoms with Crippen molar-refractivity contribution in [3.63, 3.8) is 0 Å². The van der Waals surface area contributed by atoms with Gasteiger partial charge in [0.05, 0.1) is 5.69 Å². The Morgan fingerprint density at radius 2 is 1.80 bits per heavy atom. The second-order valence-corrected chi connectivity index (χ2v) is 5.78. The molecule has 1 aromatic rings. The summed E-state index contributed by atoms with van der Waals surface area (Å²) in [4.78, 5) is 0. The maximum atomic E-state index is 12.1. The van der Waals surface area contributed by atoms with E-state index in [9.17, 15) is 21.6 Å². The number of rotatable bonds is 6. The van der Waals surface area contributed by atoms with Crippen LogP contribution in [0.15, 0.2) is 24.3 Å². The fourth-order valence-electron chi connectivity index (χ4n) is 1.48. The van der Waals surface area contributed by atoms with Gasteiger partial charge in [-0.2, -0.15) is 26.3 Å². The Bertz CT molecular complexity index is 529. The lowest BCUT2D eigenvalue weighted by molar-refractivity contribution is -0.121. The lowest BCUT2D eigenvalue weighted by atomic mass is 10.3. The predicted octanol–water partition coefficient (Wildman–Crippen LogP) is 1.88. The van der Waals surface area contributed by atoms with Crippen LogP contribution in [0.3, 0.4) is 0 Å². The zero-order chi connectivity index (χ0) is 15.4. The number of nitrogens with zero attached hydrogens (tertiary/aromatic N) is 1. The monoisotopic (exact) mass is 311 g/mol. The highest BCUT2D eigenvalue weighted by molar-refractivity contribution is 7.90. The van der Waals surface area contributed by atoms with E-state index in [1.54, 1.807) is 6.92 Å². The van der Waals surface area contributed by atoms with Crippen LogP contribution in [0, 0.1) is 0 Å². The van der Waals surface area contributed by atoms with E-state index in [2.05, 4.69) is 0 Å². The summed E-state index contributed by atoms with van der Waals surface area (Å²) in [5.41, 5.74) is 6.19. The number of nitrogens with one attached hydrogen (secondary N) is 1. The molecule has 0 bridgehead atoms. The van der Waals surface area contributed by atoms with Crippen LogP contribution in [0.2, 0.25) is 0 Å². The lowest BCUT2D eigenvalue weighted by Gasteiger charge is -2.24. The first-order valence-corrected chi connectivity index (χ1v) is 7.29. The second-order valence-electron chi connectivity index (χ2n) is 4.10. The summed E-state index contributed by atoms with van der Waals surface area (Å²) < 4.78 is 62.7. The first-order valence-electron chi connectivity index (χ1n) is 5.85. The molecular formula is C11H16F3N3O2S. The van der Waals surface area contributed by atoms with Gasteiger partial charge in [-0.3, -0.25) is 4.31 Å². The molecule has 0 spiro atoms. The molecule has 1 aromatic carbocycles. The summed E-state index contributed by atoms with van der Waals surface area (Å²) >= 11 is 0. The number of nitrogen functional groups attached to an aromatic ring is 1. The molecule has 1 rings (SSSR count). The van der Waals surface area contributed by atoms with Crippen LogP contribution in [0.4, 0.5) is 24.5 Å². The summed E-state index contributed by atoms with van der Waals surface area (Å²) in [5, 5.41) is 0. The fraction of sp³-hybridized carbons (Fsp3) is 0.455. The van der Waals surface area contributed by atoms with E-state index in [-0.39, 0.29) is 12.2 Å². The second kappa shape index (κ2) is 6.31. The molecule has 0 amide bonds. The number of hydrogen-bond acceptors (Lipinski definition) is 3. The largest absolute Gasteiger partial charge is 0.402 e. The van der Waals surface area contributed by atoms with Crippen molar-refractivity contribution >= 4 is 21.6 Å². The van der Waals surface area contributed by atoms with Crippen molar-refractivity contribution < 1.29 is 21.6 Å². The van der Waals surface area contributed by atoms with Gasteiger partial charge >= 0.3 is 16.4 Å². The Morgan fingerprint density at radius 1 is 1.25 bits per heavy atom. The van der Waals surface area contributed by atoms with Gasteiger partial charge in [0.2, 0.25) is 0 Å². The SMILES string of the molecule is CCCN(c1ccc(N)cc1)S(=O)(=O)NCC(F)(F)F. The molecule has 114 valence electrons. The van der Waals surface area contributed by atoms with Gasteiger partial charge in [-0.1, -0.05) is 6.92 Å². The van der Waals surface area contributed by atoms with Crippen LogP contribution in [0.5, 0.6) is 0 Å². The van der Waals surface area contributed by atoms with Crippen molar-refractivity contribution in [1.29, 1.82) is 0 Å². The average Bonchev–Trinajstić information content (AvgIpc) is 2.34. The van der Waals surface area contributed by atoms with Crippen LogP contribution in [0.25, 0.3) is 0 Å². The van der Waals surface area contributed by atoms with Crippen LogP contribution in [-0.2, 0) is 10.2 Å². The first-order chi connectivity index (χ1) is 9.15. The van der Waals surface area contributed by atoms with Crippen LogP contribution >= 0.6 is 0 Å². The molecule has 20 heavy (non-hydrogen) atoms. The van der Waals surface area contributed by atoms with Gasteiger partial charge in [0.1, 0.15) is 6.54 Å². The summed E-state index contributed by atoms with van der Waals surface area (Å²) in [5.74, 6) is 0. The smallest absolute Gasteiger partial charge is 0.399 e. The number of anilines is 2. The molecule has 0 aromatic heterocycles. The molecule has 0 heterocycles. The van der Waals surface area contributed by atoms with E-state index in [4.69, 9.17) is 5.73 Å². The van der Waals surface area contributed by atoms with Gasteiger partial charge in [-0.25, -0.2) is 0 Å². The maximum Gasteiger partial charge on any atom is 0.402 e. The van der Waals surface area contributed by atoms with Crippen molar-refractivity contribution in [2.45, 2.75) is 19.5 Å². The van der Waals surface area contributed by atoms with Gasteiger partial charge < -0.3 is 5.73 Å². The molecule has 0 atom stereocenters. The van der Waals surface area contributed by atoms with E-state index < -0.39 is 22.9 Å². The quantitative estimate of drug-likeness (QED) is 0.788. The highest BCUT2D eigenvalue weighted by atomic mass is 32.2. The zero-order valence-electron chi connectivity index (χ0n) is 10.8. The Balaban J connectivity index is 2.97. The molecule has 0 unspecified atom stereocenters. The van der Waals surface area contributed by atoms with E-state index in [1.807, 2.05) is 0 Å². The minimum Gasteiger partial charge on any atom is -0.399 e. The number of nitrogens with two attached hydrogens (primary N) is 1. The molecule has 0 aliphatic carbocycles. The number of hydrogen-bond donors (Lipinski definition) is 2. The summed E-state index contributed by atoms with van der Waals surface area (Å²) in [6, 6.07) is 5.85. The molecule has 0 fully saturated rings. The van der Waals surface area contributed by atoms with Gasteiger partial charge in [0.25, 0.3) is 0 Å². The molecule has 0 radical (unpaired) electrons. The molecule has 5 nitrogen and oxygen atoms in total. The molecule has 0 saturated carbocycles. The van der Waals surface area contributed by atoms with Crippen molar-refractivity contribution in [1.82, 2.24) is 4.72 Å². The van der Waals surface area contributed by atoms with Gasteiger partial charge in [-0.05, 0) is 30.7 Å². The van der Waals surface area contributed by atoms with Gasteiger partial charge in [0, 0.05) is 12.2 Å². The Hall–Kier alpha value is -1.48. The molecule has 0 aliphatic rings. The van der Waals surface area contributed by atoms with Crippen LogP contribution in [-0.4, -0.2) is 27.7 Å². The number of halogens is 3. The first kappa shape index (κ1) is 16.6. The molecule has 3 N–H and O–H groups in total. The lowest BCUT2D eigenvalue weighted by Crippen LogP contribution is -2.44. The normalized spacial score (nSPS) is 12.4. The summed E-state index contributed by atoms with van der Waals surface area (Å²) in [6.45, 7) is 0.186. The molecule has 0 aliphatic heterocycles. The number of alkyl halides is 3. The Kier molecular flexibility index (Phi) is 5.23. The van der Waals surface area contributed by atoms with Gasteiger partial charge in [0.15, 0.2) is 0 Å². The van der Waals surface area contributed by atoms with E-state index in [0.29, 0.717) is 12.1 Å². The van der Waals surface area contributed by atoms with E-state index >= 15 is 0 Å². The molecule has 0 saturated heterocycles. The third-order valence-corrected chi connectivity index (χ3v) is 3.84. The highest BCUT2D eigenvalue weighted by Gasteiger charge is 2.31. The van der Waals surface area contributed by atoms with Crippen molar-refractivity contribution in [3.8, 4) is 0 Å². The van der Waals surface area contributed by atoms with Crippen LogP contribution in [0.1, 0.15) is 13.3 Å². The van der Waals surface area contributed by atoms with Crippen molar-refractivity contribution in [3.05, 3.63) is 24.3 Å². The van der Waals surface area contributed by atoms with Crippen molar-refractivity contribution in [2.24, 2.45) is 0 Å². The van der Waals surface area contributed by atoms with Crippen molar-refractivity contribution in [2.75, 3.05) is 23.1 Å². The van der Waals surface area contributed by atoms with Crippen LogP contribution < -0.4 is 14.8 Å².